The van der Waals surface area contributed by atoms with Gasteiger partial charge in [-0.05, 0) is 11.6 Å². The average molecular weight is 272 g/mol. The molecule has 0 radical (unpaired) electrons. The van der Waals surface area contributed by atoms with Crippen molar-refractivity contribution in [3.8, 4) is 0 Å². The maximum Gasteiger partial charge on any atom is 0.178 e. The van der Waals surface area contributed by atoms with Crippen molar-refractivity contribution in [1.82, 2.24) is 9.47 Å². The zero-order chi connectivity index (χ0) is 14.4. The minimum Gasteiger partial charge on any atom is -0.395 e. The monoisotopic (exact) mass is 272 g/mol. The number of aromatic nitrogens is 1. The zero-order valence-electron chi connectivity index (χ0n) is 11.7. The number of nitrogens with zero attached hydrogens (tertiary/aromatic N) is 2. The van der Waals surface area contributed by atoms with Crippen molar-refractivity contribution in [2.75, 3.05) is 19.7 Å². The molecular weight excluding hydrogens is 252 g/mol. The normalized spacial score (nSPS) is 10.9. The summed E-state index contributed by atoms with van der Waals surface area (Å²) >= 11 is 0. The summed E-state index contributed by atoms with van der Waals surface area (Å²) in [5.41, 5.74) is 1.85. The van der Waals surface area contributed by atoms with Gasteiger partial charge in [0.05, 0.1) is 13.2 Å². The molecule has 0 unspecified atom stereocenters. The van der Waals surface area contributed by atoms with Crippen molar-refractivity contribution in [2.24, 2.45) is 7.05 Å². The fourth-order valence-electron chi connectivity index (χ4n) is 2.16. The highest BCUT2D eigenvalue weighted by Gasteiger charge is 2.13. The first-order valence-electron chi connectivity index (χ1n) is 6.71. The van der Waals surface area contributed by atoms with E-state index in [4.69, 9.17) is 5.11 Å². The Balaban J connectivity index is 2.00. The number of aryl methyl sites for hydroxylation is 1. The minimum atomic E-state index is 0.0505. The third kappa shape index (κ3) is 4.05. The number of carbonyl (C=O) groups is 1. The summed E-state index contributed by atoms with van der Waals surface area (Å²) in [5.74, 6) is 0.0787. The van der Waals surface area contributed by atoms with Gasteiger partial charge in [0, 0.05) is 38.1 Å². The maximum atomic E-state index is 12.2. The van der Waals surface area contributed by atoms with Gasteiger partial charge in [-0.25, -0.2) is 0 Å². The van der Waals surface area contributed by atoms with Gasteiger partial charge in [-0.2, -0.15) is 0 Å². The van der Waals surface area contributed by atoms with Crippen LogP contribution in [-0.4, -0.2) is 40.1 Å². The largest absolute Gasteiger partial charge is 0.395 e. The van der Waals surface area contributed by atoms with Crippen LogP contribution in [0.1, 0.15) is 15.9 Å². The Kier molecular flexibility index (Phi) is 5.09. The highest BCUT2D eigenvalue weighted by atomic mass is 16.3. The highest BCUT2D eigenvalue weighted by molar-refractivity contribution is 5.97. The van der Waals surface area contributed by atoms with Crippen LogP contribution < -0.4 is 0 Å². The number of aliphatic hydroxyl groups is 1. The number of aliphatic hydroxyl groups excluding tert-OH is 1. The predicted octanol–water partition coefficient (Wildman–Crippen LogP) is 1.70. The fraction of sp³-hybridized carbons (Fsp3) is 0.312. The third-order valence-corrected chi connectivity index (χ3v) is 3.19. The molecule has 0 aliphatic heterocycles. The lowest BCUT2D eigenvalue weighted by atomic mass is 10.1. The first kappa shape index (κ1) is 14.5. The number of benzene rings is 1. The molecule has 0 aliphatic rings. The zero-order valence-corrected chi connectivity index (χ0v) is 11.7. The van der Waals surface area contributed by atoms with Crippen LogP contribution in [0.15, 0.2) is 48.8 Å². The van der Waals surface area contributed by atoms with Gasteiger partial charge in [-0.1, -0.05) is 30.3 Å². The quantitative estimate of drug-likeness (QED) is 0.780. The van der Waals surface area contributed by atoms with Gasteiger partial charge in [-0.15, -0.1) is 0 Å². The SMILES string of the molecule is Cn1ccc(C(=O)CN(CCO)Cc2ccccc2)c1. The molecule has 4 nitrogen and oxygen atoms in total. The number of rotatable bonds is 7. The predicted molar refractivity (Wildman–Crippen MR) is 78.5 cm³/mol. The average Bonchev–Trinajstić information content (AvgIpc) is 2.87. The van der Waals surface area contributed by atoms with Crippen LogP contribution in [0.3, 0.4) is 0 Å². The van der Waals surface area contributed by atoms with Crippen LogP contribution in [0.2, 0.25) is 0 Å². The van der Waals surface area contributed by atoms with Crippen LogP contribution in [0, 0.1) is 0 Å². The molecule has 0 spiro atoms. The van der Waals surface area contributed by atoms with Crippen molar-refractivity contribution >= 4 is 5.78 Å². The van der Waals surface area contributed by atoms with Crippen LogP contribution in [-0.2, 0) is 13.6 Å². The van der Waals surface area contributed by atoms with E-state index >= 15 is 0 Å². The van der Waals surface area contributed by atoms with E-state index in [1.807, 2.05) is 65.3 Å². The Morgan fingerprint density at radius 2 is 2.00 bits per heavy atom. The summed E-state index contributed by atoms with van der Waals surface area (Å²) < 4.78 is 1.86. The molecule has 0 amide bonds. The lowest BCUT2D eigenvalue weighted by Crippen LogP contribution is -2.32. The molecule has 2 aromatic rings. The van der Waals surface area contributed by atoms with E-state index in [0.717, 1.165) is 5.56 Å². The molecule has 0 saturated carbocycles. The smallest absolute Gasteiger partial charge is 0.178 e. The Bertz CT molecular complexity index is 549. The van der Waals surface area contributed by atoms with Gasteiger partial charge in [0.2, 0.25) is 0 Å². The third-order valence-electron chi connectivity index (χ3n) is 3.19. The molecule has 0 atom stereocenters. The van der Waals surface area contributed by atoms with Crippen LogP contribution in [0.5, 0.6) is 0 Å². The van der Waals surface area contributed by atoms with E-state index in [1.165, 1.54) is 0 Å². The highest BCUT2D eigenvalue weighted by Crippen LogP contribution is 2.07. The molecule has 106 valence electrons. The molecule has 1 N–H and O–H groups in total. The molecule has 0 fully saturated rings. The van der Waals surface area contributed by atoms with Gasteiger partial charge >= 0.3 is 0 Å². The van der Waals surface area contributed by atoms with Gasteiger partial charge in [0.1, 0.15) is 0 Å². The molecule has 0 bridgehead atoms. The van der Waals surface area contributed by atoms with Gasteiger partial charge in [0.25, 0.3) is 0 Å². The molecule has 20 heavy (non-hydrogen) atoms. The molecule has 2 rings (SSSR count). The second kappa shape index (κ2) is 7.03. The molecule has 0 saturated heterocycles. The van der Waals surface area contributed by atoms with E-state index in [1.54, 1.807) is 0 Å². The van der Waals surface area contributed by atoms with Crippen molar-refractivity contribution in [1.29, 1.82) is 0 Å². The summed E-state index contributed by atoms with van der Waals surface area (Å²) in [6.45, 7) is 1.53. The minimum absolute atomic E-state index is 0.0505. The second-order valence-electron chi connectivity index (χ2n) is 4.91. The summed E-state index contributed by atoms with van der Waals surface area (Å²) in [5, 5.41) is 9.15. The molecule has 0 aliphatic carbocycles. The van der Waals surface area contributed by atoms with E-state index in [0.29, 0.717) is 25.2 Å². The number of Topliss-reactive ketones (excluding diaryl/α,β-unsaturated/α-hetero) is 1. The van der Waals surface area contributed by atoms with Gasteiger partial charge in [-0.3, -0.25) is 9.69 Å². The topological polar surface area (TPSA) is 45.5 Å². The van der Waals surface area contributed by atoms with Crippen LogP contribution in [0.4, 0.5) is 0 Å². The van der Waals surface area contributed by atoms with Crippen LogP contribution in [0.25, 0.3) is 0 Å². The van der Waals surface area contributed by atoms with E-state index in [2.05, 4.69) is 0 Å². The van der Waals surface area contributed by atoms with E-state index in [-0.39, 0.29) is 12.4 Å². The summed E-state index contributed by atoms with van der Waals surface area (Å²) in [6.07, 6.45) is 3.68. The first-order chi connectivity index (χ1) is 9.69. The summed E-state index contributed by atoms with van der Waals surface area (Å²) in [4.78, 5) is 14.2. The molecule has 4 heteroatoms. The number of hydrogen-bond acceptors (Lipinski definition) is 3. The molecule has 1 aromatic carbocycles. The van der Waals surface area contributed by atoms with Crippen molar-refractivity contribution in [2.45, 2.75) is 6.54 Å². The number of carbonyl (C=O) groups excluding carboxylic acids is 1. The van der Waals surface area contributed by atoms with Gasteiger partial charge in [0.15, 0.2) is 5.78 Å². The lowest BCUT2D eigenvalue weighted by molar-refractivity contribution is 0.0908. The number of ketones is 1. The maximum absolute atomic E-state index is 12.2. The van der Waals surface area contributed by atoms with Crippen molar-refractivity contribution in [3.63, 3.8) is 0 Å². The van der Waals surface area contributed by atoms with Crippen LogP contribution >= 0.6 is 0 Å². The van der Waals surface area contributed by atoms with Gasteiger partial charge < -0.3 is 9.67 Å². The molecule has 1 aromatic heterocycles. The summed E-state index contributed by atoms with van der Waals surface area (Å²) in [6, 6.07) is 11.8. The van der Waals surface area contributed by atoms with Crippen molar-refractivity contribution in [3.05, 3.63) is 59.9 Å². The number of hydrogen-bond donors (Lipinski definition) is 1. The van der Waals surface area contributed by atoms with E-state index in [9.17, 15) is 4.79 Å². The van der Waals surface area contributed by atoms with Crippen molar-refractivity contribution < 1.29 is 9.90 Å². The Morgan fingerprint density at radius 3 is 2.60 bits per heavy atom. The fourth-order valence-corrected chi connectivity index (χ4v) is 2.16. The van der Waals surface area contributed by atoms with E-state index < -0.39 is 0 Å². The second-order valence-corrected chi connectivity index (χ2v) is 4.91. The Morgan fingerprint density at radius 1 is 1.25 bits per heavy atom. The standard InChI is InChI=1S/C16H20N2O2/c1-17-8-7-15(12-17)16(20)13-18(9-10-19)11-14-5-3-2-4-6-14/h2-8,12,19H,9-11,13H2,1H3. The first-order valence-corrected chi connectivity index (χ1v) is 6.71. The molecular formula is C16H20N2O2. The summed E-state index contributed by atoms with van der Waals surface area (Å²) in [7, 11) is 1.90. The lowest BCUT2D eigenvalue weighted by Gasteiger charge is -2.20. The molecule has 1 heterocycles. The Labute approximate surface area is 119 Å². The Hall–Kier alpha value is -1.91.